The Bertz CT molecular complexity index is 1090. The smallest absolute Gasteiger partial charge is 0.251 e. The van der Waals surface area contributed by atoms with E-state index in [4.69, 9.17) is 0 Å². The summed E-state index contributed by atoms with van der Waals surface area (Å²) in [6, 6.07) is 15.6. The minimum absolute atomic E-state index is 0.153. The first-order valence-electron chi connectivity index (χ1n) is 9.69. The molecule has 0 saturated carbocycles. The number of rotatable bonds is 8. The van der Waals surface area contributed by atoms with Gasteiger partial charge in [0.05, 0.1) is 11.4 Å². The van der Waals surface area contributed by atoms with Crippen molar-refractivity contribution in [2.75, 3.05) is 7.05 Å². The van der Waals surface area contributed by atoms with E-state index >= 15 is 0 Å². The van der Waals surface area contributed by atoms with Crippen LogP contribution in [0.5, 0.6) is 0 Å². The molecule has 2 aromatic carbocycles. The molecule has 0 radical (unpaired) electrons. The van der Waals surface area contributed by atoms with Gasteiger partial charge >= 0.3 is 0 Å². The van der Waals surface area contributed by atoms with Gasteiger partial charge in [-0.25, -0.2) is 8.42 Å². The Balaban J connectivity index is 1.68. The van der Waals surface area contributed by atoms with Gasteiger partial charge in [-0.15, -0.1) is 0 Å². The number of amides is 1. The van der Waals surface area contributed by atoms with Crippen LogP contribution in [-0.4, -0.2) is 41.5 Å². The number of nitrogens with one attached hydrogen (secondary N) is 1. The molecule has 1 aromatic heterocycles. The zero-order chi connectivity index (χ0) is 21.7. The van der Waals surface area contributed by atoms with Crippen molar-refractivity contribution < 1.29 is 13.2 Å². The maximum Gasteiger partial charge on any atom is 0.251 e. The Morgan fingerprint density at radius 2 is 1.73 bits per heavy atom. The molecule has 0 unspecified atom stereocenters. The van der Waals surface area contributed by atoms with E-state index in [0.29, 0.717) is 18.7 Å². The van der Waals surface area contributed by atoms with Crippen LogP contribution in [0.15, 0.2) is 71.9 Å². The summed E-state index contributed by atoms with van der Waals surface area (Å²) in [4.78, 5) is 12.7. The van der Waals surface area contributed by atoms with Gasteiger partial charge in [0.15, 0.2) is 0 Å². The third-order valence-electron chi connectivity index (χ3n) is 4.97. The molecule has 0 aliphatic carbocycles. The second kappa shape index (κ2) is 9.23. The van der Waals surface area contributed by atoms with Crippen molar-refractivity contribution in [3.05, 3.63) is 83.7 Å². The third kappa shape index (κ3) is 4.95. The number of carbonyl (C=O) groups is 1. The Hall–Kier alpha value is -2.97. The summed E-state index contributed by atoms with van der Waals surface area (Å²) in [6.07, 6.45) is 3.62. The first-order valence-corrected chi connectivity index (χ1v) is 11.1. The van der Waals surface area contributed by atoms with Gasteiger partial charge in [-0.3, -0.25) is 9.48 Å². The summed E-state index contributed by atoms with van der Waals surface area (Å²) in [6.45, 7) is 4.61. The molecule has 0 bridgehead atoms. The number of aromatic nitrogens is 2. The van der Waals surface area contributed by atoms with Gasteiger partial charge < -0.3 is 5.32 Å². The van der Waals surface area contributed by atoms with E-state index in [1.54, 1.807) is 13.2 Å². The Morgan fingerprint density at radius 1 is 1.07 bits per heavy atom. The molecule has 0 fully saturated rings. The van der Waals surface area contributed by atoms with E-state index in [1.165, 1.54) is 28.6 Å². The SMILES string of the molecule is CC(C)N(C)S(=O)(=O)c1ccc(C(=O)NCc2ccccc2Cn2cccn2)cc1. The molecule has 0 aliphatic rings. The predicted octanol–water partition coefficient (Wildman–Crippen LogP) is 2.89. The van der Waals surface area contributed by atoms with Crippen LogP contribution >= 0.6 is 0 Å². The van der Waals surface area contributed by atoms with E-state index in [1.807, 2.05) is 55.1 Å². The van der Waals surface area contributed by atoms with Crippen molar-refractivity contribution in [2.24, 2.45) is 0 Å². The Labute approximate surface area is 177 Å². The highest BCUT2D eigenvalue weighted by Gasteiger charge is 2.23. The van der Waals surface area contributed by atoms with E-state index in [2.05, 4.69) is 10.4 Å². The molecule has 0 spiro atoms. The third-order valence-corrected chi connectivity index (χ3v) is 7.02. The van der Waals surface area contributed by atoms with Gasteiger partial charge in [-0.2, -0.15) is 9.40 Å². The first-order chi connectivity index (χ1) is 14.3. The second-order valence-electron chi connectivity index (χ2n) is 7.29. The molecule has 8 heteroatoms. The minimum Gasteiger partial charge on any atom is -0.348 e. The van der Waals surface area contributed by atoms with Gasteiger partial charge in [0, 0.05) is 37.6 Å². The summed E-state index contributed by atoms with van der Waals surface area (Å²) in [7, 11) is -2.03. The molecule has 1 N–H and O–H groups in total. The van der Waals surface area contributed by atoms with Crippen molar-refractivity contribution in [3.8, 4) is 0 Å². The lowest BCUT2D eigenvalue weighted by Gasteiger charge is -2.21. The van der Waals surface area contributed by atoms with Crippen LogP contribution in [0.3, 0.4) is 0 Å². The zero-order valence-corrected chi connectivity index (χ0v) is 18.1. The zero-order valence-electron chi connectivity index (χ0n) is 17.3. The summed E-state index contributed by atoms with van der Waals surface area (Å²) in [5.74, 6) is -0.259. The molecular weight excluding hydrogens is 400 g/mol. The highest BCUT2D eigenvalue weighted by atomic mass is 32.2. The molecule has 1 amide bonds. The number of carbonyl (C=O) groups excluding carboxylic acids is 1. The number of nitrogens with zero attached hydrogens (tertiary/aromatic N) is 3. The highest BCUT2D eigenvalue weighted by Crippen LogP contribution is 2.17. The Kier molecular flexibility index (Phi) is 6.69. The van der Waals surface area contributed by atoms with Crippen LogP contribution in [-0.2, 0) is 23.1 Å². The maximum atomic E-state index is 12.6. The molecule has 0 atom stereocenters. The molecule has 1 heterocycles. The van der Waals surface area contributed by atoms with Crippen LogP contribution in [0, 0.1) is 0 Å². The fourth-order valence-electron chi connectivity index (χ4n) is 2.95. The van der Waals surface area contributed by atoms with E-state index in [9.17, 15) is 13.2 Å². The molecule has 158 valence electrons. The fourth-order valence-corrected chi connectivity index (χ4v) is 4.32. The molecule has 3 aromatic rings. The monoisotopic (exact) mass is 426 g/mol. The molecule has 7 nitrogen and oxygen atoms in total. The second-order valence-corrected chi connectivity index (χ2v) is 9.29. The van der Waals surface area contributed by atoms with Gasteiger partial charge in [0.25, 0.3) is 5.91 Å². The van der Waals surface area contributed by atoms with Crippen molar-refractivity contribution in [3.63, 3.8) is 0 Å². The first kappa shape index (κ1) is 21.7. The minimum atomic E-state index is -3.57. The van der Waals surface area contributed by atoms with E-state index in [-0.39, 0.29) is 16.8 Å². The lowest BCUT2D eigenvalue weighted by Crippen LogP contribution is -2.33. The van der Waals surface area contributed by atoms with Crippen molar-refractivity contribution in [1.82, 2.24) is 19.4 Å². The lowest BCUT2D eigenvalue weighted by molar-refractivity contribution is 0.0950. The normalized spacial score (nSPS) is 11.8. The number of benzene rings is 2. The van der Waals surface area contributed by atoms with Crippen LogP contribution in [0.2, 0.25) is 0 Å². The van der Waals surface area contributed by atoms with Crippen LogP contribution in [0.25, 0.3) is 0 Å². The number of sulfonamides is 1. The standard InChI is InChI=1S/C22H26N4O3S/c1-17(2)25(3)30(28,29)21-11-9-18(10-12-21)22(27)23-15-19-7-4-5-8-20(19)16-26-14-6-13-24-26/h4-14,17H,15-16H2,1-3H3,(H,23,27). The fraction of sp³-hybridized carbons (Fsp3) is 0.273. The summed E-state index contributed by atoms with van der Waals surface area (Å²) in [5.41, 5.74) is 2.48. The molecule has 0 saturated heterocycles. The van der Waals surface area contributed by atoms with Crippen LogP contribution in [0.4, 0.5) is 0 Å². The molecular formula is C22H26N4O3S. The topological polar surface area (TPSA) is 84.3 Å². The van der Waals surface area contributed by atoms with Crippen LogP contribution < -0.4 is 5.32 Å². The van der Waals surface area contributed by atoms with E-state index in [0.717, 1.165) is 11.1 Å². The largest absolute Gasteiger partial charge is 0.348 e. The van der Waals surface area contributed by atoms with Crippen molar-refractivity contribution in [1.29, 1.82) is 0 Å². The maximum absolute atomic E-state index is 12.6. The molecule has 0 aliphatic heterocycles. The van der Waals surface area contributed by atoms with Gasteiger partial charge in [0.1, 0.15) is 0 Å². The van der Waals surface area contributed by atoms with Gasteiger partial charge in [-0.05, 0) is 55.3 Å². The number of hydrogen-bond donors (Lipinski definition) is 1. The summed E-state index contributed by atoms with van der Waals surface area (Å²) in [5, 5.41) is 7.13. The predicted molar refractivity (Wildman–Crippen MR) is 115 cm³/mol. The van der Waals surface area contributed by atoms with E-state index < -0.39 is 10.0 Å². The average molecular weight is 427 g/mol. The quantitative estimate of drug-likeness (QED) is 0.600. The van der Waals surface area contributed by atoms with Crippen LogP contribution in [0.1, 0.15) is 35.3 Å². The van der Waals surface area contributed by atoms with Crippen molar-refractivity contribution >= 4 is 15.9 Å². The molecule has 3 rings (SSSR count). The van der Waals surface area contributed by atoms with Gasteiger partial charge in [0.2, 0.25) is 10.0 Å². The van der Waals surface area contributed by atoms with Gasteiger partial charge in [-0.1, -0.05) is 24.3 Å². The summed E-state index contributed by atoms with van der Waals surface area (Å²) >= 11 is 0. The Morgan fingerprint density at radius 3 is 2.33 bits per heavy atom. The average Bonchev–Trinajstić information content (AvgIpc) is 3.25. The summed E-state index contributed by atoms with van der Waals surface area (Å²) < 4.78 is 28.2. The van der Waals surface area contributed by atoms with Crippen molar-refractivity contribution in [2.45, 2.75) is 37.9 Å². The lowest BCUT2D eigenvalue weighted by atomic mass is 10.1. The molecule has 30 heavy (non-hydrogen) atoms. The number of hydrogen-bond acceptors (Lipinski definition) is 4. The highest BCUT2D eigenvalue weighted by molar-refractivity contribution is 7.89.